The van der Waals surface area contributed by atoms with Crippen molar-refractivity contribution in [2.45, 2.75) is 6.42 Å². The molecule has 0 fully saturated rings. The van der Waals surface area contributed by atoms with Crippen LogP contribution in [-0.2, 0) is 6.42 Å². The molecule has 1 N–H and O–H groups in total. The molecule has 2 heterocycles. The summed E-state index contributed by atoms with van der Waals surface area (Å²) in [6.45, 7) is 0.549. The van der Waals surface area contributed by atoms with Gasteiger partial charge in [0.2, 0.25) is 0 Å². The van der Waals surface area contributed by atoms with Gasteiger partial charge in [-0.1, -0.05) is 24.3 Å². The van der Waals surface area contributed by atoms with Crippen LogP contribution >= 0.6 is 22.7 Å². The zero-order chi connectivity index (χ0) is 16.1. The molecule has 0 saturated heterocycles. The summed E-state index contributed by atoms with van der Waals surface area (Å²) in [6.07, 6.45) is 7.87. The molecule has 0 unspecified atom stereocenters. The van der Waals surface area contributed by atoms with Gasteiger partial charge < -0.3 is 5.32 Å². The average Bonchev–Trinajstić information content (AvgIpc) is 3.26. The van der Waals surface area contributed by atoms with E-state index in [1.165, 1.54) is 16.9 Å². The third kappa shape index (κ3) is 3.83. The predicted molar refractivity (Wildman–Crippen MR) is 93.6 cm³/mol. The van der Waals surface area contributed by atoms with E-state index in [9.17, 15) is 4.79 Å². The molecule has 6 heteroatoms. The van der Waals surface area contributed by atoms with Gasteiger partial charge in [-0.3, -0.25) is 9.78 Å². The highest BCUT2D eigenvalue weighted by atomic mass is 32.1. The SMILES string of the molecule is C#Cc1nc(C(=O)NCCc2cccc(-c3cncs3)c2)cs1. The quantitative estimate of drug-likeness (QED) is 0.726. The lowest BCUT2D eigenvalue weighted by Gasteiger charge is -2.05. The van der Waals surface area contributed by atoms with Crippen molar-refractivity contribution >= 4 is 28.6 Å². The average molecular weight is 339 g/mol. The highest BCUT2D eigenvalue weighted by molar-refractivity contribution is 7.13. The van der Waals surface area contributed by atoms with Gasteiger partial charge in [-0.05, 0) is 23.5 Å². The van der Waals surface area contributed by atoms with E-state index in [4.69, 9.17) is 6.42 Å². The Morgan fingerprint density at radius 2 is 2.26 bits per heavy atom. The fourth-order valence-electron chi connectivity index (χ4n) is 2.09. The van der Waals surface area contributed by atoms with Crippen molar-refractivity contribution in [1.82, 2.24) is 15.3 Å². The number of rotatable bonds is 5. The van der Waals surface area contributed by atoms with E-state index in [1.807, 2.05) is 17.8 Å². The van der Waals surface area contributed by atoms with Crippen LogP contribution < -0.4 is 5.32 Å². The molecule has 1 amide bonds. The molecule has 0 aliphatic heterocycles. The molecule has 4 nitrogen and oxygen atoms in total. The van der Waals surface area contributed by atoms with Crippen LogP contribution in [0.5, 0.6) is 0 Å². The predicted octanol–water partition coefficient (Wildman–Crippen LogP) is 3.22. The van der Waals surface area contributed by atoms with E-state index in [0.29, 0.717) is 17.2 Å². The summed E-state index contributed by atoms with van der Waals surface area (Å²) in [5, 5.41) is 5.06. The number of aromatic nitrogens is 2. The lowest BCUT2D eigenvalue weighted by atomic mass is 10.1. The Hall–Kier alpha value is -2.49. The van der Waals surface area contributed by atoms with Gasteiger partial charge in [0, 0.05) is 18.1 Å². The van der Waals surface area contributed by atoms with E-state index < -0.39 is 0 Å². The van der Waals surface area contributed by atoms with Crippen molar-refractivity contribution < 1.29 is 4.79 Å². The number of carbonyl (C=O) groups excluding carboxylic acids is 1. The summed E-state index contributed by atoms with van der Waals surface area (Å²) >= 11 is 2.91. The second-order valence-corrected chi connectivity index (χ2v) is 6.50. The summed E-state index contributed by atoms with van der Waals surface area (Å²) in [5.41, 5.74) is 4.51. The molecule has 0 bridgehead atoms. The van der Waals surface area contributed by atoms with Crippen LogP contribution in [0.3, 0.4) is 0 Å². The number of hydrogen-bond donors (Lipinski definition) is 1. The first-order valence-electron chi connectivity index (χ1n) is 6.94. The third-order valence-corrected chi connectivity index (χ3v) is 4.80. The first-order valence-corrected chi connectivity index (χ1v) is 8.70. The highest BCUT2D eigenvalue weighted by Gasteiger charge is 2.09. The Morgan fingerprint density at radius 3 is 3.00 bits per heavy atom. The zero-order valence-electron chi connectivity index (χ0n) is 12.2. The summed E-state index contributed by atoms with van der Waals surface area (Å²) in [7, 11) is 0. The molecule has 0 atom stereocenters. The minimum atomic E-state index is -0.193. The maximum absolute atomic E-state index is 12.0. The summed E-state index contributed by atoms with van der Waals surface area (Å²) in [4.78, 5) is 21.3. The van der Waals surface area contributed by atoms with E-state index in [2.05, 4.69) is 39.4 Å². The monoisotopic (exact) mass is 339 g/mol. The number of thiazole rings is 2. The van der Waals surface area contributed by atoms with Crippen molar-refractivity contribution in [1.29, 1.82) is 0 Å². The molecule has 1 aromatic carbocycles. The number of benzene rings is 1. The molecular weight excluding hydrogens is 326 g/mol. The molecule has 2 aromatic heterocycles. The minimum absolute atomic E-state index is 0.193. The van der Waals surface area contributed by atoms with Crippen LogP contribution in [0.2, 0.25) is 0 Å². The number of nitrogens with zero attached hydrogens (tertiary/aromatic N) is 2. The second-order valence-electron chi connectivity index (χ2n) is 4.75. The van der Waals surface area contributed by atoms with Gasteiger partial charge in [-0.2, -0.15) is 0 Å². The number of carbonyl (C=O) groups is 1. The van der Waals surface area contributed by atoms with Crippen molar-refractivity contribution in [3.63, 3.8) is 0 Å². The molecule has 0 saturated carbocycles. The van der Waals surface area contributed by atoms with Crippen molar-refractivity contribution in [2.75, 3.05) is 6.54 Å². The van der Waals surface area contributed by atoms with Gasteiger partial charge in [-0.15, -0.1) is 29.1 Å². The third-order valence-electron chi connectivity index (χ3n) is 3.20. The maximum atomic E-state index is 12.0. The largest absolute Gasteiger partial charge is 0.350 e. The second kappa shape index (κ2) is 7.18. The van der Waals surface area contributed by atoms with E-state index in [-0.39, 0.29) is 5.91 Å². The standard InChI is InChI=1S/C17H13N3OS2/c1-2-16-20-14(10-22-16)17(21)19-7-6-12-4-3-5-13(8-12)15-9-18-11-23-15/h1,3-5,8-11H,6-7H2,(H,19,21). The number of terminal acetylenes is 1. The molecule has 3 aromatic rings. The summed E-state index contributed by atoms with van der Waals surface area (Å²) in [5.74, 6) is 2.23. The molecule has 3 rings (SSSR count). The van der Waals surface area contributed by atoms with Gasteiger partial charge in [0.15, 0.2) is 5.01 Å². The Bertz CT molecular complexity index is 847. The molecule has 0 spiro atoms. The Balaban J connectivity index is 1.57. The zero-order valence-corrected chi connectivity index (χ0v) is 13.8. The fourth-order valence-corrected chi connectivity index (χ4v) is 3.32. The van der Waals surface area contributed by atoms with Crippen LogP contribution in [0.25, 0.3) is 10.4 Å². The van der Waals surface area contributed by atoms with Crippen LogP contribution in [-0.4, -0.2) is 22.4 Å². The van der Waals surface area contributed by atoms with Crippen molar-refractivity contribution in [3.8, 4) is 22.8 Å². The molecule has 0 aliphatic carbocycles. The first kappa shape index (κ1) is 15.4. The molecular formula is C17H13N3OS2. The maximum Gasteiger partial charge on any atom is 0.270 e. The van der Waals surface area contributed by atoms with Gasteiger partial charge in [0.25, 0.3) is 5.91 Å². The number of amides is 1. The van der Waals surface area contributed by atoms with E-state index >= 15 is 0 Å². The van der Waals surface area contributed by atoms with Gasteiger partial charge in [0.1, 0.15) is 5.69 Å². The van der Waals surface area contributed by atoms with E-state index in [1.54, 1.807) is 16.7 Å². The molecule has 114 valence electrons. The highest BCUT2D eigenvalue weighted by Crippen LogP contribution is 2.23. The van der Waals surface area contributed by atoms with Crippen LogP contribution in [0.1, 0.15) is 21.1 Å². The topological polar surface area (TPSA) is 54.9 Å². The number of nitrogens with one attached hydrogen (secondary N) is 1. The van der Waals surface area contributed by atoms with Crippen molar-refractivity contribution in [3.05, 3.63) is 57.6 Å². The Morgan fingerprint density at radius 1 is 1.35 bits per heavy atom. The Labute approximate surface area is 142 Å². The van der Waals surface area contributed by atoms with E-state index in [0.717, 1.165) is 16.9 Å². The first-order chi connectivity index (χ1) is 11.3. The molecule has 23 heavy (non-hydrogen) atoms. The van der Waals surface area contributed by atoms with Gasteiger partial charge in [-0.25, -0.2) is 4.98 Å². The van der Waals surface area contributed by atoms with Crippen LogP contribution in [0.15, 0.2) is 41.4 Å². The van der Waals surface area contributed by atoms with Crippen LogP contribution in [0, 0.1) is 12.3 Å². The lowest BCUT2D eigenvalue weighted by Crippen LogP contribution is -2.26. The lowest BCUT2D eigenvalue weighted by molar-refractivity contribution is 0.0950. The molecule has 0 radical (unpaired) electrons. The van der Waals surface area contributed by atoms with Crippen LogP contribution in [0.4, 0.5) is 0 Å². The molecule has 0 aliphatic rings. The van der Waals surface area contributed by atoms with Crippen molar-refractivity contribution in [2.24, 2.45) is 0 Å². The summed E-state index contributed by atoms with van der Waals surface area (Å²) < 4.78 is 0. The Kier molecular flexibility index (Phi) is 4.81. The smallest absolute Gasteiger partial charge is 0.270 e. The fraction of sp³-hybridized carbons (Fsp3) is 0.118. The summed E-state index contributed by atoms with van der Waals surface area (Å²) in [6, 6.07) is 8.26. The van der Waals surface area contributed by atoms with Gasteiger partial charge in [0.05, 0.1) is 10.4 Å². The normalized spacial score (nSPS) is 10.2. The van der Waals surface area contributed by atoms with Gasteiger partial charge >= 0.3 is 0 Å². The minimum Gasteiger partial charge on any atom is -0.350 e. The number of hydrogen-bond acceptors (Lipinski definition) is 5.